The van der Waals surface area contributed by atoms with E-state index in [4.69, 9.17) is 25.5 Å². The summed E-state index contributed by atoms with van der Waals surface area (Å²) < 4.78 is 16.0. The van der Waals surface area contributed by atoms with Crippen molar-refractivity contribution in [1.29, 1.82) is 0 Å². The lowest BCUT2D eigenvalue weighted by atomic mass is 10.2. The van der Waals surface area contributed by atoms with Gasteiger partial charge in [0.05, 0.1) is 12.5 Å². The zero-order valence-electron chi connectivity index (χ0n) is 10.8. The molecule has 0 spiro atoms. The third-order valence-corrected chi connectivity index (χ3v) is 3.20. The molecule has 0 amide bonds. The van der Waals surface area contributed by atoms with Crippen molar-refractivity contribution in [3.05, 3.63) is 34.7 Å². The van der Waals surface area contributed by atoms with Crippen LogP contribution < -0.4 is 15.1 Å². The van der Waals surface area contributed by atoms with Gasteiger partial charge in [0.1, 0.15) is 12.2 Å². The highest BCUT2D eigenvalue weighted by atomic mass is 35.5. The van der Waals surface area contributed by atoms with Crippen LogP contribution in [0.5, 0.6) is 11.5 Å². The lowest BCUT2D eigenvalue weighted by molar-refractivity contribution is 0.291. The number of benzene rings is 1. The lowest BCUT2D eigenvalue weighted by Crippen LogP contribution is -2.11. The van der Waals surface area contributed by atoms with Crippen molar-refractivity contribution in [1.82, 2.24) is 0 Å². The van der Waals surface area contributed by atoms with Gasteiger partial charge in [0.2, 0.25) is 0 Å². The number of halogens is 1. The van der Waals surface area contributed by atoms with E-state index in [1.54, 1.807) is 25.3 Å². The van der Waals surface area contributed by atoms with Crippen LogP contribution in [0.25, 0.3) is 11.0 Å². The van der Waals surface area contributed by atoms with Crippen LogP contribution in [0, 0.1) is 0 Å². The number of hydrogen-bond acceptors (Lipinski definition) is 4. The van der Waals surface area contributed by atoms with Crippen molar-refractivity contribution in [2.24, 2.45) is 0 Å². The highest BCUT2D eigenvalue weighted by Crippen LogP contribution is 2.32. The fourth-order valence-corrected chi connectivity index (χ4v) is 1.71. The highest BCUT2D eigenvalue weighted by Gasteiger charge is 2.10. The van der Waals surface area contributed by atoms with E-state index in [9.17, 15) is 4.79 Å². The van der Waals surface area contributed by atoms with Crippen molar-refractivity contribution < 1.29 is 13.9 Å². The van der Waals surface area contributed by atoms with Crippen molar-refractivity contribution in [3.8, 4) is 11.5 Å². The number of methoxy groups -OCH3 is 1. The second-order valence-electron chi connectivity index (χ2n) is 4.11. The van der Waals surface area contributed by atoms with Crippen LogP contribution in [0.15, 0.2) is 33.5 Å². The molecule has 0 fully saturated rings. The summed E-state index contributed by atoms with van der Waals surface area (Å²) in [5.41, 5.74) is 0.0679. The third kappa shape index (κ3) is 3.20. The summed E-state index contributed by atoms with van der Waals surface area (Å²) >= 11 is 6.01. The standard InChI is InChI=1S/C14H15ClO4/c1-3-10(15)8-18-13-7-11-9(6-12(13)17-2)4-5-14(16)19-11/h4-7,10H,3,8H2,1-2H3. The van der Waals surface area contributed by atoms with Crippen LogP contribution in [0.3, 0.4) is 0 Å². The quantitative estimate of drug-likeness (QED) is 0.624. The summed E-state index contributed by atoms with van der Waals surface area (Å²) in [4.78, 5) is 11.2. The second-order valence-corrected chi connectivity index (χ2v) is 4.73. The van der Waals surface area contributed by atoms with E-state index < -0.39 is 5.63 Å². The predicted octanol–water partition coefficient (Wildman–Crippen LogP) is 3.20. The molecule has 0 saturated heterocycles. The molecule has 0 aliphatic rings. The monoisotopic (exact) mass is 282 g/mol. The summed E-state index contributed by atoms with van der Waals surface area (Å²) in [5.74, 6) is 1.10. The molecule has 2 rings (SSSR count). The lowest BCUT2D eigenvalue weighted by Gasteiger charge is -2.13. The van der Waals surface area contributed by atoms with Crippen molar-refractivity contribution in [2.75, 3.05) is 13.7 Å². The molecule has 19 heavy (non-hydrogen) atoms. The molecule has 0 bridgehead atoms. The maximum absolute atomic E-state index is 11.2. The van der Waals surface area contributed by atoms with Gasteiger partial charge in [-0.3, -0.25) is 0 Å². The van der Waals surface area contributed by atoms with Gasteiger partial charge in [0, 0.05) is 17.5 Å². The summed E-state index contributed by atoms with van der Waals surface area (Å²) in [6.45, 7) is 2.36. The fraction of sp³-hybridized carbons (Fsp3) is 0.357. The first-order chi connectivity index (χ1) is 9.13. The van der Waals surface area contributed by atoms with Crippen LogP contribution in [-0.4, -0.2) is 19.1 Å². The zero-order chi connectivity index (χ0) is 13.8. The summed E-state index contributed by atoms with van der Waals surface area (Å²) in [7, 11) is 1.56. The van der Waals surface area contributed by atoms with E-state index in [2.05, 4.69) is 0 Å². The molecule has 0 aliphatic heterocycles. The summed E-state index contributed by atoms with van der Waals surface area (Å²) in [6, 6.07) is 6.47. The average Bonchev–Trinajstić information content (AvgIpc) is 2.43. The first kappa shape index (κ1) is 13.7. The van der Waals surface area contributed by atoms with Crippen molar-refractivity contribution in [2.45, 2.75) is 18.7 Å². The minimum atomic E-state index is -0.396. The molecular weight excluding hydrogens is 268 g/mol. The molecule has 0 radical (unpaired) electrons. The van der Waals surface area contributed by atoms with Gasteiger partial charge in [-0.1, -0.05) is 6.92 Å². The third-order valence-electron chi connectivity index (χ3n) is 2.77. The van der Waals surface area contributed by atoms with Gasteiger partial charge >= 0.3 is 5.63 Å². The van der Waals surface area contributed by atoms with Crippen LogP contribution in [0.2, 0.25) is 0 Å². The molecule has 4 nitrogen and oxygen atoms in total. The predicted molar refractivity (Wildman–Crippen MR) is 74.5 cm³/mol. The van der Waals surface area contributed by atoms with Gasteiger partial charge in [-0.15, -0.1) is 11.6 Å². The van der Waals surface area contributed by atoms with E-state index in [0.717, 1.165) is 11.8 Å². The van der Waals surface area contributed by atoms with E-state index in [1.165, 1.54) is 6.07 Å². The van der Waals surface area contributed by atoms with Gasteiger partial charge in [-0.2, -0.15) is 0 Å². The Morgan fingerprint density at radius 3 is 2.79 bits per heavy atom. The van der Waals surface area contributed by atoms with Gasteiger partial charge in [-0.25, -0.2) is 4.79 Å². The molecule has 0 N–H and O–H groups in total. The topological polar surface area (TPSA) is 48.7 Å². The molecule has 1 atom stereocenters. The molecule has 1 unspecified atom stereocenters. The number of ether oxygens (including phenoxy) is 2. The van der Waals surface area contributed by atoms with Crippen molar-refractivity contribution >= 4 is 22.6 Å². The normalized spacial score (nSPS) is 12.4. The molecule has 1 heterocycles. The fourth-order valence-electron chi connectivity index (χ4n) is 1.65. The number of rotatable bonds is 5. The van der Waals surface area contributed by atoms with E-state index in [0.29, 0.717) is 23.7 Å². The highest BCUT2D eigenvalue weighted by molar-refractivity contribution is 6.20. The van der Waals surface area contributed by atoms with E-state index >= 15 is 0 Å². The maximum atomic E-state index is 11.2. The Hall–Kier alpha value is -1.68. The van der Waals surface area contributed by atoms with Crippen LogP contribution in [-0.2, 0) is 0 Å². The molecule has 2 aromatic rings. The van der Waals surface area contributed by atoms with Gasteiger partial charge in [0.25, 0.3) is 0 Å². The molecule has 1 aromatic carbocycles. The van der Waals surface area contributed by atoms with Crippen LogP contribution in [0.1, 0.15) is 13.3 Å². The van der Waals surface area contributed by atoms with Crippen molar-refractivity contribution in [3.63, 3.8) is 0 Å². The molecular formula is C14H15ClO4. The number of alkyl halides is 1. The number of hydrogen-bond donors (Lipinski definition) is 0. The maximum Gasteiger partial charge on any atom is 0.336 e. The second kappa shape index (κ2) is 5.97. The minimum Gasteiger partial charge on any atom is -0.493 e. The molecule has 1 aromatic heterocycles. The largest absolute Gasteiger partial charge is 0.493 e. The molecule has 5 heteroatoms. The Bertz CT molecular complexity index is 620. The Morgan fingerprint density at radius 1 is 1.32 bits per heavy atom. The minimum absolute atomic E-state index is 0.0665. The SMILES string of the molecule is CCC(Cl)COc1cc2oc(=O)ccc2cc1OC. The average molecular weight is 283 g/mol. The van der Waals surface area contributed by atoms with E-state index in [1.807, 2.05) is 6.92 Å². The summed E-state index contributed by atoms with van der Waals surface area (Å²) in [5, 5.41) is 0.713. The first-order valence-corrected chi connectivity index (χ1v) is 6.46. The Morgan fingerprint density at radius 2 is 2.11 bits per heavy atom. The van der Waals surface area contributed by atoms with Gasteiger partial charge < -0.3 is 13.9 Å². The van der Waals surface area contributed by atoms with Gasteiger partial charge in [0.15, 0.2) is 11.5 Å². The molecule has 0 saturated carbocycles. The molecule has 102 valence electrons. The van der Waals surface area contributed by atoms with Gasteiger partial charge in [-0.05, 0) is 18.6 Å². The van der Waals surface area contributed by atoms with E-state index in [-0.39, 0.29) is 5.38 Å². The van der Waals surface area contributed by atoms with Crippen LogP contribution >= 0.6 is 11.6 Å². The van der Waals surface area contributed by atoms with Crippen LogP contribution in [0.4, 0.5) is 0 Å². The Kier molecular flexibility index (Phi) is 4.32. The zero-order valence-corrected chi connectivity index (χ0v) is 11.6. The molecule has 0 aliphatic carbocycles. The smallest absolute Gasteiger partial charge is 0.336 e. The first-order valence-electron chi connectivity index (χ1n) is 6.02. The Balaban J connectivity index is 2.37. The summed E-state index contributed by atoms with van der Waals surface area (Å²) in [6.07, 6.45) is 0.812. The Labute approximate surface area is 115 Å². The number of fused-ring (bicyclic) bond motifs is 1.